The van der Waals surface area contributed by atoms with Crippen molar-refractivity contribution >= 4 is 5.97 Å². The molecule has 1 rings (SSSR count). The number of ether oxygens (including phenoxy) is 1. The fraction of sp³-hybridized carbons (Fsp3) is 0.462. The van der Waals surface area contributed by atoms with Gasteiger partial charge in [-0.25, -0.2) is 0 Å². The number of rotatable bonds is 6. The van der Waals surface area contributed by atoms with Crippen molar-refractivity contribution in [3.63, 3.8) is 0 Å². The van der Waals surface area contributed by atoms with Crippen LogP contribution in [0.5, 0.6) is 0 Å². The van der Waals surface area contributed by atoms with Crippen LogP contribution in [0.1, 0.15) is 18.1 Å². The number of carbonyl (C=O) groups is 1. The van der Waals surface area contributed by atoms with Crippen molar-refractivity contribution in [2.45, 2.75) is 19.3 Å². The summed E-state index contributed by atoms with van der Waals surface area (Å²) in [5.74, 6) is -0.945. The van der Waals surface area contributed by atoms with Gasteiger partial charge >= 0.3 is 5.97 Å². The van der Waals surface area contributed by atoms with E-state index < -0.39 is 11.4 Å². The number of carboxylic acids is 1. The zero-order valence-electron chi connectivity index (χ0n) is 10.3. The molecule has 0 bridgehead atoms. The van der Waals surface area contributed by atoms with E-state index in [1.807, 2.05) is 32.0 Å². The van der Waals surface area contributed by atoms with Gasteiger partial charge in [0, 0.05) is 13.2 Å². The lowest BCUT2D eigenvalue weighted by Gasteiger charge is -2.28. The molecule has 94 valence electrons. The molecule has 0 saturated carbocycles. The van der Waals surface area contributed by atoms with Crippen molar-refractivity contribution < 1.29 is 14.6 Å². The Morgan fingerprint density at radius 3 is 2.71 bits per heavy atom. The summed E-state index contributed by atoms with van der Waals surface area (Å²) in [4.78, 5) is 11.5. The van der Waals surface area contributed by atoms with Crippen LogP contribution < -0.4 is 5.73 Å². The third-order valence-electron chi connectivity index (χ3n) is 2.88. The first kappa shape index (κ1) is 13.7. The number of aryl methyl sites for hydroxylation is 1. The molecule has 1 atom stereocenters. The molecule has 1 unspecified atom stereocenters. The normalized spacial score (nSPS) is 14.3. The van der Waals surface area contributed by atoms with E-state index in [1.165, 1.54) is 0 Å². The van der Waals surface area contributed by atoms with Gasteiger partial charge in [0.2, 0.25) is 0 Å². The largest absolute Gasteiger partial charge is 0.480 e. The van der Waals surface area contributed by atoms with E-state index in [-0.39, 0.29) is 13.2 Å². The molecule has 0 heterocycles. The maximum absolute atomic E-state index is 11.5. The average molecular weight is 237 g/mol. The van der Waals surface area contributed by atoms with Gasteiger partial charge in [0.1, 0.15) is 5.41 Å². The van der Waals surface area contributed by atoms with Gasteiger partial charge in [0.05, 0.1) is 6.61 Å². The molecule has 4 nitrogen and oxygen atoms in total. The number of hydrogen-bond donors (Lipinski definition) is 2. The van der Waals surface area contributed by atoms with Crippen molar-refractivity contribution in [1.82, 2.24) is 0 Å². The van der Waals surface area contributed by atoms with E-state index in [1.54, 1.807) is 6.07 Å². The highest BCUT2D eigenvalue weighted by Crippen LogP contribution is 2.25. The summed E-state index contributed by atoms with van der Waals surface area (Å²) in [5, 5.41) is 9.43. The molecule has 3 N–H and O–H groups in total. The quantitative estimate of drug-likeness (QED) is 0.782. The molecule has 17 heavy (non-hydrogen) atoms. The Morgan fingerprint density at radius 2 is 2.24 bits per heavy atom. The average Bonchev–Trinajstić information content (AvgIpc) is 2.30. The van der Waals surface area contributed by atoms with Crippen molar-refractivity contribution in [2.75, 3.05) is 19.8 Å². The molecular weight excluding hydrogens is 218 g/mol. The predicted octanol–water partition coefficient (Wildman–Crippen LogP) is 1.31. The molecule has 0 spiro atoms. The number of nitrogens with two attached hydrogens (primary N) is 1. The van der Waals surface area contributed by atoms with Crippen molar-refractivity contribution in [2.24, 2.45) is 5.73 Å². The van der Waals surface area contributed by atoms with Gasteiger partial charge in [0.15, 0.2) is 0 Å². The molecule has 1 aromatic carbocycles. The molecule has 0 fully saturated rings. The minimum atomic E-state index is -1.15. The zero-order chi connectivity index (χ0) is 12.9. The van der Waals surface area contributed by atoms with Crippen LogP contribution in [0.15, 0.2) is 24.3 Å². The lowest BCUT2D eigenvalue weighted by atomic mass is 9.80. The van der Waals surface area contributed by atoms with Crippen LogP contribution in [-0.2, 0) is 14.9 Å². The Morgan fingerprint density at radius 1 is 1.53 bits per heavy atom. The van der Waals surface area contributed by atoms with Gasteiger partial charge in [-0.15, -0.1) is 0 Å². The molecule has 0 aliphatic rings. The number of carboxylic acid groups (broad SMARTS) is 1. The number of hydrogen-bond acceptors (Lipinski definition) is 3. The Hall–Kier alpha value is -1.39. The molecule has 4 heteroatoms. The van der Waals surface area contributed by atoms with E-state index in [0.29, 0.717) is 12.2 Å². The lowest BCUT2D eigenvalue weighted by Crippen LogP contribution is -2.47. The van der Waals surface area contributed by atoms with Crippen LogP contribution >= 0.6 is 0 Å². The Balaban J connectivity index is 3.16. The van der Waals surface area contributed by atoms with Crippen molar-refractivity contribution in [3.8, 4) is 0 Å². The fourth-order valence-corrected chi connectivity index (χ4v) is 1.75. The molecule has 0 aromatic heterocycles. The molecule has 1 aromatic rings. The highest BCUT2D eigenvalue weighted by atomic mass is 16.5. The summed E-state index contributed by atoms with van der Waals surface area (Å²) in [6.45, 7) is 4.35. The summed E-state index contributed by atoms with van der Waals surface area (Å²) in [7, 11) is 0. The topological polar surface area (TPSA) is 72.5 Å². The second-order valence-corrected chi connectivity index (χ2v) is 4.10. The van der Waals surface area contributed by atoms with Gasteiger partial charge in [-0.2, -0.15) is 0 Å². The van der Waals surface area contributed by atoms with Crippen LogP contribution in [0.3, 0.4) is 0 Å². The number of benzene rings is 1. The SMILES string of the molecule is CCOCC(CN)(C(=O)O)c1cccc(C)c1. The Bertz CT molecular complexity index is 392. The third kappa shape index (κ3) is 2.84. The van der Waals surface area contributed by atoms with E-state index in [2.05, 4.69) is 0 Å². The van der Waals surface area contributed by atoms with Crippen LogP contribution in [-0.4, -0.2) is 30.8 Å². The van der Waals surface area contributed by atoms with Crippen LogP contribution in [0.4, 0.5) is 0 Å². The third-order valence-corrected chi connectivity index (χ3v) is 2.88. The number of aliphatic carboxylic acids is 1. The van der Waals surface area contributed by atoms with Crippen LogP contribution in [0.25, 0.3) is 0 Å². The molecule has 0 amide bonds. The minimum Gasteiger partial charge on any atom is -0.480 e. The van der Waals surface area contributed by atoms with Crippen LogP contribution in [0, 0.1) is 6.92 Å². The summed E-state index contributed by atoms with van der Waals surface area (Å²) >= 11 is 0. The van der Waals surface area contributed by atoms with Crippen LogP contribution in [0.2, 0.25) is 0 Å². The predicted molar refractivity (Wildman–Crippen MR) is 66.0 cm³/mol. The highest BCUT2D eigenvalue weighted by molar-refractivity contribution is 5.82. The second-order valence-electron chi connectivity index (χ2n) is 4.10. The minimum absolute atomic E-state index is 0.0196. The van der Waals surface area contributed by atoms with Crippen molar-refractivity contribution in [1.29, 1.82) is 0 Å². The maximum atomic E-state index is 11.5. The van der Waals surface area contributed by atoms with E-state index >= 15 is 0 Å². The smallest absolute Gasteiger partial charge is 0.317 e. The van der Waals surface area contributed by atoms with Gasteiger partial charge in [-0.3, -0.25) is 4.79 Å². The van der Waals surface area contributed by atoms with Gasteiger partial charge < -0.3 is 15.6 Å². The molecule has 0 aliphatic heterocycles. The standard InChI is InChI=1S/C13H19NO3/c1-3-17-9-13(8-14,12(15)16)11-6-4-5-10(2)7-11/h4-7H,3,8-9,14H2,1-2H3,(H,15,16). The van der Waals surface area contributed by atoms with Gasteiger partial charge in [-0.1, -0.05) is 29.8 Å². The monoisotopic (exact) mass is 237 g/mol. The van der Waals surface area contributed by atoms with Crippen molar-refractivity contribution in [3.05, 3.63) is 35.4 Å². The Labute approximate surface area is 101 Å². The molecule has 0 saturated heterocycles. The van der Waals surface area contributed by atoms with E-state index in [9.17, 15) is 9.90 Å². The second kappa shape index (κ2) is 5.80. The fourth-order valence-electron chi connectivity index (χ4n) is 1.75. The highest BCUT2D eigenvalue weighted by Gasteiger charge is 2.39. The Kier molecular flexibility index (Phi) is 4.66. The first-order chi connectivity index (χ1) is 8.06. The summed E-state index contributed by atoms with van der Waals surface area (Å²) in [6, 6.07) is 7.39. The maximum Gasteiger partial charge on any atom is 0.317 e. The zero-order valence-corrected chi connectivity index (χ0v) is 10.3. The summed E-state index contributed by atoms with van der Waals surface area (Å²) in [5.41, 5.74) is 6.23. The van der Waals surface area contributed by atoms with Gasteiger partial charge in [0.25, 0.3) is 0 Å². The molecular formula is C13H19NO3. The summed E-state index contributed by atoms with van der Waals surface area (Å²) in [6.07, 6.45) is 0. The molecule has 0 radical (unpaired) electrons. The summed E-state index contributed by atoms with van der Waals surface area (Å²) < 4.78 is 5.28. The molecule has 0 aliphatic carbocycles. The van der Waals surface area contributed by atoms with E-state index in [0.717, 1.165) is 5.56 Å². The van der Waals surface area contributed by atoms with E-state index in [4.69, 9.17) is 10.5 Å². The lowest BCUT2D eigenvalue weighted by molar-refractivity contribution is -0.146. The first-order valence-electron chi connectivity index (χ1n) is 5.65. The first-order valence-corrected chi connectivity index (χ1v) is 5.65. The van der Waals surface area contributed by atoms with Gasteiger partial charge in [-0.05, 0) is 19.4 Å².